The third-order valence-corrected chi connectivity index (χ3v) is 4.58. The van der Waals surface area contributed by atoms with Gasteiger partial charge in [-0.15, -0.1) is 0 Å². The lowest BCUT2D eigenvalue weighted by Gasteiger charge is -2.09. The van der Waals surface area contributed by atoms with Crippen molar-refractivity contribution in [1.82, 2.24) is 9.97 Å². The van der Waals surface area contributed by atoms with Crippen molar-refractivity contribution >= 4 is 22.5 Å². The van der Waals surface area contributed by atoms with Crippen molar-refractivity contribution in [3.8, 4) is 17.4 Å². The van der Waals surface area contributed by atoms with E-state index < -0.39 is 0 Å². The molecule has 0 saturated heterocycles. The highest BCUT2D eigenvalue weighted by atomic mass is 16.5. The van der Waals surface area contributed by atoms with Crippen LogP contribution in [-0.2, 0) is 6.42 Å². The SMILES string of the molecule is CCOc1ncccc1NC(=O)c1cc2c(OCC)cc3c(c2[nH]1)OC(C)C3. The molecule has 7 heteroatoms. The predicted molar refractivity (Wildman–Crippen MR) is 107 cm³/mol. The Bertz CT molecular complexity index is 1030. The minimum atomic E-state index is -0.285. The number of carbonyl (C=O) groups excluding carboxylic acids is 1. The molecule has 1 atom stereocenters. The van der Waals surface area contributed by atoms with Gasteiger partial charge in [0.2, 0.25) is 5.88 Å². The number of nitrogens with one attached hydrogen (secondary N) is 2. The summed E-state index contributed by atoms with van der Waals surface area (Å²) in [5.41, 5.74) is 2.81. The lowest BCUT2D eigenvalue weighted by Crippen LogP contribution is -2.13. The van der Waals surface area contributed by atoms with Crippen LogP contribution in [0.1, 0.15) is 36.8 Å². The van der Waals surface area contributed by atoms with E-state index in [0.717, 1.165) is 34.4 Å². The van der Waals surface area contributed by atoms with Gasteiger partial charge in [-0.3, -0.25) is 4.79 Å². The molecule has 1 aliphatic rings. The fraction of sp³-hybridized carbons (Fsp3) is 0.333. The minimum Gasteiger partial charge on any atom is -0.493 e. The Balaban J connectivity index is 1.71. The van der Waals surface area contributed by atoms with Gasteiger partial charge >= 0.3 is 0 Å². The zero-order valence-corrected chi connectivity index (χ0v) is 16.2. The number of hydrogen-bond acceptors (Lipinski definition) is 5. The molecule has 4 rings (SSSR count). The van der Waals surface area contributed by atoms with Crippen molar-refractivity contribution in [3.05, 3.63) is 41.7 Å². The van der Waals surface area contributed by atoms with Crippen molar-refractivity contribution in [2.24, 2.45) is 0 Å². The molecule has 1 amide bonds. The number of ether oxygens (including phenoxy) is 3. The molecular formula is C21H23N3O4. The van der Waals surface area contributed by atoms with Crippen LogP contribution in [0, 0.1) is 0 Å². The molecule has 0 radical (unpaired) electrons. The average molecular weight is 381 g/mol. The normalized spacial score (nSPS) is 15.2. The number of rotatable bonds is 6. The lowest BCUT2D eigenvalue weighted by molar-refractivity contribution is 0.102. The smallest absolute Gasteiger partial charge is 0.272 e. The maximum Gasteiger partial charge on any atom is 0.272 e. The first-order chi connectivity index (χ1) is 13.6. The Morgan fingerprint density at radius 1 is 1.32 bits per heavy atom. The molecule has 146 valence electrons. The number of aromatic nitrogens is 2. The van der Waals surface area contributed by atoms with Crippen molar-refractivity contribution in [2.45, 2.75) is 33.3 Å². The fourth-order valence-corrected chi connectivity index (χ4v) is 3.45. The number of hydrogen-bond donors (Lipinski definition) is 2. The highest BCUT2D eigenvalue weighted by Crippen LogP contribution is 2.41. The van der Waals surface area contributed by atoms with Gasteiger partial charge in [0.15, 0.2) is 0 Å². The molecule has 1 aromatic carbocycles. The maximum atomic E-state index is 12.9. The van der Waals surface area contributed by atoms with E-state index in [1.54, 1.807) is 24.4 Å². The van der Waals surface area contributed by atoms with E-state index in [1.807, 2.05) is 26.8 Å². The molecule has 28 heavy (non-hydrogen) atoms. The molecule has 1 aliphatic heterocycles. The molecule has 0 bridgehead atoms. The van der Waals surface area contributed by atoms with Gasteiger partial charge in [0, 0.05) is 23.6 Å². The standard InChI is InChI=1S/C21H23N3O4/c1-4-26-17-10-13-9-12(3)28-19(13)18-14(17)11-16(23-18)20(25)24-15-7-6-8-22-21(15)27-5-2/h6-8,10-12,23H,4-5,9H2,1-3H3,(H,24,25). The number of aromatic amines is 1. The molecule has 2 aromatic heterocycles. The maximum absolute atomic E-state index is 12.9. The van der Waals surface area contributed by atoms with Crippen LogP contribution in [0.15, 0.2) is 30.5 Å². The number of anilines is 1. The summed E-state index contributed by atoms with van der Waals surface area (Å²) in [7, 11) is 0. The van der Waals surface area contributed by atoms with E-state index in [1.165, 1.54) is 0 Å². The molecule has 3 heterocycles. The van der Waals surface area contributed by atoms with Gasteiger partial charge in [-0.1, -0.05) is 0 Å². The van der Waals surface area contributed by atoms with Gasteiger partial charge in [-0.05, 0) is 45.0 Å². The Morgan fingerprint density at radius 2 is 2.14 bits per heavy atom. The van der Waals surface area contributed by atoms with Crippen LogP contribution in [0.25, 0.3) is 10.9 Å². The topological polar surface area (TPSA) is 85.5 Å². The van der Waals surface area contributed by atoms with E-state index in [9.17, 15) is 4.79 Å². The second kappa shape index (κ2) is 7.42. The van der Waals surface area contributed by atoms with Crippen LogP contribution in [-0.4, -0.2) is 35.2 Å². The first kappa shape index (κ1) is 18.2. The van der Waals surface area contributed by atoms with Gasteiger partial charge in [0.25, 0.3) is 5.91 Å². The highest BCUT2D eigenvalue weighted by molar-refractivity contribution is 6.08. The minimum absolute atomic E-state index is 0.0970. The van der Waals surface area contributed by atoms with E-state index >= 15 is 0 Å². The average Bonchev–Trinajstić information content (AvgIpc) is 3.27. The first-order valence-corrected chi connectivity index (χ1v) is 9.47. The Labute approximate surface area is 163 Å². The lowest BCUT2D eigenvalue weighted by atomic mass is 10.1. The molecule has 0 saturated carbocycles. The van der Waals surface area contributed by atoms with E-state index in [4.69, 9.17) is 14.2 Å². The number of H-pyrrole nitrogens is 1. The van der Waals surface area contributed by atoms with E-state index in [2.05, 4.69) is 15.3 Å². The zero-order valence-electron chi connectivity index (χ0n) is 16.2. The summed E-state index contributed by atoms with van der Waals surface area (Å²) >= 11 is 0. The van der Waals surface area contributed by atoms with Gasteiger partial charge in [0.1, 0.15) is 29.0 Å². The Morgan fingerprint density at radius 3 is 2.93 bits per heavy atom. The summed E-state index contributed by atoms with van der Waals surface area (Å²) < 4.78 is 17.3. The Hall–Kier alpha value is -3.22. The number of benzene rings is 1. The van der Waals surface area contributed by atoms with Crippen molar-refractivity contribution in [3.63, 3.8) is 0 Å². The van der Waals surface area contributed by atoms with Crippen LogP contribution in [0.4, 0.5) is 5.69 Å². The predicted octanol–water partition coefficient (Wildman–Crippen LogP) is 3.94. The van der Waals surface area contributed by atoms with Crippen molar-refractivity contribution in [2.75, 3.05) is 18.5 Å². The monoisotopic (exact) mass is 381 g/mol. The number of pyridine rings is 1. The molecular weight excluding hydrogens is 358 g/mol. The second-order valence-corrected chi connectivity index (χ2v) is 6.64. The van der Waals surface area contributed by atoms with E-state index in [0.29, 0.717) is 30.5 Å². The molecule has 0 fully saturated rings. The van der Waals surface area contributed by atoms with Gasteiger partial charge < -0.3 is 24.5 Å². The largest absolute Gasteiger partial charge is 0.493 e. The van der Waals surface area contributed by atoms with Gasteiger partial charge in [-0.2, -0.15) is 0 Å². The van der Waals surface area contributed by atoms with Crippen LogP contribution in [0.2, 0.25) is 0 Å². The summed E-state index contributed by atoms with van der Waals surface area (Å²) in [5, 5.41) is 3.69. The van der Waals surface area contributed by atoms with Crippen LogP contribution >= 0.6 is 0 Å². The number of fused-ring (bicyclic) bond motifs is 3. The highest BCUT2D eigenvalue weighted by Gasteiger charge is 2.26. The third kappa shape index (κ3) is 3.24. The summed E-state index contributed by atoms with van der Waals surface area (Å²) in [6, 6.07) is 7.30. The van der Waals surface area contributed by atoms with Gasteiger partial charge in [-0.25, -0.2) is 4.98 Å². The zero-order chi connectivity index (χ0) is 19.7. The number of carbonyl (C=O) groups is 1. The molecule has 1 unspecified atom stereocenters. The van der Waals surface area contributed by atoms with Crippen LogP contribution < -0.4 is 19.5 Å². The molecule has 2 N–H and O–H groups in total. The second-order valence-electron chi connectivity index (χ2n) is 6.64. The van der Waals surface area contributed by atoms with Crippen LogP contribution in [0.3, 0.4) is 0 Å². The van der Waals surface area contributed by atoms with E-state index in [-0.39, 0.29) is 12.0 Å². The molecule has 0 spiro atoms. The Kier molecular flexibility index (Phi) is 4.81. The fourth-order valence-electron chi connectivity index (χ4n) is 3.45. The molecule has 0 aliphatic carbocycles. The summed E-state index contributed by atoms with van der Waals surface area (Å²) in [6.07, 6.45) is 2.54. The molecule has 3 aromatic rings. The van der Waals surface area contributed by atoms with Crippen molar-refractivity contribution < 1.29 is 19.0 Å². The number of amides is 1. The summed E-state index contributed by atoms with van der Waals surface area (Å²) in [4.78, 5) is 20.2. The summed E-state index contributed by atoms with van der Waals surface area (Å²) in [5.74, 6) is 1.65. The quantitative estimate of drug-likeness (QED) is 0.676. The third-order valence-electron chi connectivity index (χ3n) is 4.58. The summed E-state index contributed by atoms with van der Waals surface area (Å²) in [6.45, 7) is 6.85. The molecule has 7 nitrogen and oxygen atoms in total. The first-order valence-electron chi connectivity index (χ1n) is 9.47. The van der Waals surface area contributed by atoms with Gasteiger partial charge in [0.05, 0.1) is 18.7 Å². The van der Waals surface area contributed by atoms with Crippen LogP contribution in [0.5, 0.6) is 17.4 Å². The number of nitrogens with zero attached hydrogens (tertiary/aromatic N) is 1. The van der Waals surface area contributed by atoms with Crippen molar-refractivity contribution in [1.29, 1.82) is 0 Å².